The van der Waals surface area contributed by atoms with E-state index < -0.39 is 0 Å². The van der Waals surface area contributed by atoms with Crippen molar-refractivity contribution in [2.24, 2.45) is 0 Å². The first-order valence-corrected chi connectivity index (χ1v) is 10.3. The molecule has 4 rings (SSSR count). The first-order chi connectivity index (χ1) is 16.0. The number of ether oxygens (including phenoxy) is 2. The maximum Gasteiger partial charge on any atom is 0.256 e. The average Bonchev–Trinajstić information content (AvgIpc) is 2.87. The summed E-state index contributed by atoms with van der Waals surface area (Å²) in [5, 5.41) is 6.20. The summed E-state index contributed by atoms with van der Waals surface area (Å²) in [5.41, 5.74) is 3.55. The topological polar surface area (TPSA) is 89.6 Å². The normalized spacial score (nSPS) is 10.5. The molecular formula is C26H23N3O4. The Labute approximate surface area is 191 Å². The molecule has 0 aliphatic rings. The Morgan fingerprint density at radius 1 is 0.818 bits per heavy atom. The van der Waals surface area contributed by atoms with E-state index in [4.69, 9.17) is 14.5 Å². The molecule has 2 N–H and O–H groups in total. The van der Waals surface area contributed by atoms with Crippen LogP contribution in [0.3, 0.4) is 0 Å². The van der Waals surface area contributed by atoms with Gasteiger partial charge in [0.05, 0.1) is 31.0 Å². The third-order valence-corrected chi connectivity index (χ3v) is 5.25. The van der Waals surface area contributed by atoms with Gasteiger partial charge in [0.25, 0.3) is 11.8 Å². The van der Waals surface area contributed by atoms with E-state index in [9.17, 15) is 9.59 Å². The van der Waals surface area contributed by atoms with Crippen LogP contribution in [0.4, 0.5) is 5.69 Å². The minimum atomic E-state index is -0.301. The van der Waals surface area contributed by atoms with Crippen LogP contribution in [-0.2, 0) is 0 Å². The zero-order valence-electron chi connectivity index (χ0n) is 18.5. The molecule has 0 aliphatic carbocycles. The van der Waals surface area contributed by atoms with Crippen LogP contribution in [0.2, 0.25) is 0 Å². The molecule has 0 aliphatic heterocycles. The van der Waals surface area contributed by atoms with Crippen LogP contribution in [0.25, 0.3) is 22.2 Å². The number of benzene rings is 3. The summed E-state index contributed by atoms with van der Waals surface area (Å²) in [7, 11) is 4.71. The van der Waals surface area contributed by atoms with Gasteiger partial charge in [-0.1, -0.05) is 24.3 Å². The van der Waals surface area contributed by atoms with Gasteiger partial charge in [-0.25, -0.2) is 4.98 Å². The van der Waals surface area contributed by atoms with Crippen molar-refractivity contribution in [3.05, 3.63) is 83.9 Å². The van der Waals surface area contributed by atoms with Crippen LogP contribution in [0, 0.1) is 0 Å². The minimum Gasteiger partial charge on any atom is -0.493 e. The molecule has 7 nitrogen and oxygen atoms in total. The maximum atomic E-state index is 13.3. The van der Waals surface area contributed by atoms with Crippen LogP contribution in [0.15, 0.2) is 72.8 Å². The van der Waals surface area contributed by atoms with Gasteiger partial charge in [-0.15, -0.1) is 0 Å². The van der Waals surface area contributed by atoms with E-state index >= 15 is 0 Å². The Bertz CT molecular complexity index is 1350. The second-order valence-electron chi connectivity index (χ2n) is 7.26. The van der Waals surface area contributed by atoms with Gasteiger partial charge in [-0.2, -0.15) is 0 Å². The highest BCUT2D eigenvalue weighted by Crippen LogP contribution is 2.33. The van der Waals surface area contributed by atoms with Gasteiger partial charge in [-0.3, -0.25) is 9.59 Å². The summed E-state index contributed by atoms with van der Waals surface area (Å²) in [5.74, 6) is 0.651. The van der Waals surface area contributed by atoms with Crippen molar-refractivity contribution in [3.63, 3.8) is 0 Å². The molecule has 7 heteroatoms. The summed E-state index contributed by atoms with van der Waals surface area (Å²) >= 11 is 0. The molecule has 0 spiro atoms. The second kappa shape index (κ2) is 9.40. The van der Waals surface area contributed by atoms with Gasteiger partial charge in [0.1, 0.15) is 0 Å². The molecular weight excluding hydrogens is 418 g/mol. The Morgan fingerprint density at radius 2 is 1.61 bits per heavy atom. The number of anilines is 1. The standard InChI is InChI=1S/C26H23N3O4/c1-27-25(30)17-7-6-8-18(13-17)28-26(31)20-15-22(29-21-10-5-4-9-19(20)21)16-11-12-23(32-2)24(14-16)33-3/h4-15H,1-3H3,(H,27,30)(H,28,31). The van der Waals surface area contributed by atoms with Crippen molar-refractivity contribution in [1.82, 2.24) is 10.3 Å². The fourth-order valence-corrected chi connectivity index (χ4v) is 3.59. The molecule has 166 valence electrons. The Hall–Kier alpha value is -4.39. The lowest BCUT2D eigenvalue weighted by molar-refractivity contribution is 0.0961. The minimum absolute atomic E-state index is 0.226. The van der Waals surface area contributed by atoms with E-state index in [1.807, 2.05) is 36.4 Å². The van der Waals surface area contributed by atoms with Gasteiger partial charge < -0.3 is 20.1 Å². The van der Waals surface area contributed by atoms with E-state index in [0.29, 0.717) is 39.5 Å². The molecule has 4 aromatic rings. The largest absolute Gasteiger partial charge is 0.493 e. The number of pyridine rings is 1. The molecule has 2 amide bonds. The number of aromatic nitrogens is 1. The number of nitrogens with zero attached hydrogens (tertiary/aromatic N) is 1. The highest BCUT2D eigenvalue weighted by molar-refractivity contribution is 6.13. The Morgan fingerprint density at radius 3 is 2.36 bits per heavy atom. The summed E-state index contributed by atoms with van der Waals surface area (Å²) in [6, 6.07) is 21.5. The molecule has 0 unspecified atom stereocenters. The van der Waals surface area contributed by atoms with Crippen molar-refractivity contribution in [3.8, 4) is 22.8 Å². The van der Waals surface area contributed by atoms with E-state index in [1.165, 1.54) is 0 Å². The molecule has 0 fully saturated rings. The third-order valence-electron chi connectivity index (χ3n) is 5.25. The lowest BCUT2D eigenvalue weighted by Gasteiger charge is -2.13. The number of carbonyl (C=O) groups excluding carboxylic acids is 2. The summed E-state index contributed by atoms with van der Waals surface area (Å²) < 4.78 is 10.7. The highest BCUT2D eigenvalue weighted by Gasteiger charge is 2.16. The zero-order chi connectivity index (χ0) is 23.4. The zero-order valence-corrected chi connectivity index (χ0v) is 18.5. The van der Waals surface area contributed by atoms with Crippen LogP contribution in [-0.4, -0.2) is 38.1 Å². The number of nitrogens with one attached hydrogen (secondary N) is 2. The predicted molar refractivity (Wildman–Crippen MR) is 128 cm³/mol. The van der Waals surface area contributed by atoms with Crippen molar-refractivity contribution in [2.75, 3.05) is 26.6 Å². The number of methoxy groups -OCH3 is 2. The van der Waals surface area contributed by atoms with Crippen LogP contribution in [0.1, 0.15) is 20.7 Å². The van der Waals surface area contributed by atoms with Crippen LogP contribution < -0.4 is 20.1 Å². The number of fused-ring (bicyclic) bond motifs is 1. The summed E-state index contributed by atoms with van der Waals surface area (Å²) in [4.78, 5) is 30.0. The monoisotopic (exact) mass is 441 g/mol. The third kappa shape index (κ3) is 4.48. The SMILES string of the molecule is CNC(=O)c1cccc(NC(=O)c2cc(-c3ccc(OC)c(OC)c3)nc3ccccc23)c1. The van der Waals surface area contributed by atoms with E-state index in [0.717, 1.165) is 10.9 Å². The van der Waals surface area contributed by atoms with E-state index in [2.05, 4.69) is 10.6 Å². The molecule has 33 heavy (non-hydrogen) atoms. The second-order valence-corrected chi connectivity index (χ2v) is 7.26. The number of carbonyl (C=O) groups is 2. The highest BCUT2D eigenvalue weighted by atomic mass is 16.5. The Balaban J connectivity index is 1.76. The van der Waals surface area contributed by atoms with Gasteiger partial charge in [-0.05, 0) is 48.5 Å². The number of rotatable bonds is 6. The van der Waals surface area contributed by atoms with Crippen LogP contribution >= 0.6 is 0 Å². The quantitative estimate of drug-likeness (QED) is 0.459. The van der Waals surface area contributed by atoms with E-state index in [-0.39, 0.29) is 11.8 Å². The summed E-state index contributed by atoms with van der Waals surface area (Å²) in [6.07, 6.45) is 0. The molecule has 0 saturated carbocycles. The Kier molecular flexibility index (Phi) is 6.22. The number of para-hydroxylation sites is 1. The molecule has 1 heterocycles. The fourth-order valence-electron chi connectivity index (χ4n) is 3.59. The molecule has 3 aromatic carbocycles. The van der Waals surface area contributed by atoms with Gasteiger partial charge in [0, 0.05) is 29.2 Å². The van der Waals surface area contributed by atoms with Crippen molar-refractivity contribution >= 4 is 28.4 Å². The van der Waals surface area contributed by atoms with Crippen molar-refractivity contribution in [2.45, 2.75) is 0 Å². The predicted octanol–water partition coefficient (Wildman–Crippen LogP) is 4.53. The lowest BCUT2D eigenvalue weighted by atomic mass is 10.0. The summed E-state index contributed by atoms with van der Waals surface area (Å²) in [6.45, 7) is 0. The number of hydrogen-bond donors (Lipinski definition) is 2. The smallest absolute Gasteiger partial charge is 0.256 e. The first-order valence-electron chi connectivity index (χ1n) is 10.3. The molecule has 1 aromatic heterocycles. The van der Waals surface area contributed by atoms with Crippen molar-refractivity contribution < 1.29 is 19.1 Å². The van der Waals surface area contributed by atoms with E-state index in [1.54, 1.807) is 57.7 Å². The number of hydrogen-bond acceptors (Lipinski definition) is 5. The van der Waals surface area contributed by atoms with Crippen LogP contribution in [0.5, 0.6) is 11.5 Å². The molecule has 0 radical (unpaired) electrons. The maximum absolute atomic E-state index is 13.3. The van der Waals surface area contributed by atoms with Crippen molar-refractivity contribution in [1.29, 1.82) is 0 Å². The van der Waals surface area contributed by atoms with Gasteiger partial charge >= 0.3 is 0 Å². The average molecular weight is 441 g/mol. The molecule has 0 saturated heterocycles. The lowest BCUT2D eigenvalue weighted by Crippen LogP contribution is -2.18. The fraction of sp³-hybridized carbons (Fsp3) is 0.115. The molecule has 0 atom stereocenters. The van der Waals surface area contributed by atoms with Gasteiger partial charge in [0.2, 0.25) is 0 Å². The van der Waals surface area contributed by atoms with Gasteiger partial charge in [0.15, 0.2) is 11.5 Å². The molecule has 0 bridgehead atoms. The first kappa shape index (κ1) is 21.8. The number of amides is 2.